The third kappa shape index (κ3) is 5.28. The van der Waals surface area contributed by atoms with Gasteiger partial charge in [0.1, 0.15) is 5.75 Å². The lowest BCUT2D eigenvalue weighted by Gasteiger charge is -2.12. The normalized spacial score (nSPS) is 11.9. The minimum Gasteiger partial charge on any atom is -0.491 e. The summed E-state index contributed by atoms with van der Waals surface area (Å²) in [7, 11) is 0. The molecule has 24 heavy (non-hydrogen) atoms. The summed E-state index contributed by atoms with van der Waals surface area (Å²) in [5.41, 5.74) is 2.82. The average Bonchev–Trinajstić information content (AvgIpc) is 2.53. The first-order chi connectivity index (χ1) is 11.5. The van der Waals surface area contributed by atoms with Crippen LogP contribution in [0.5, 0.6) is 5.75 Å². The number of benzene rings is 2. The van der Waals surface area contributed by atoms with Crippen LogP contribution in [0.2, 0.25) is 5.02 Å². The number of carboxylic acid groups (broad SMARTS) is 1. The van der Waals surface area contributed by atoms with Crippen molar-refractivity contribution in [3.05, 3.63) is 82.9 Å². The van der Waals surface area contributed by atoms with Crippen molar-refractivity contribution in [2.45, 2.75) is 20.0 Å². The fourth-order valence-electron chi connectivity index (χ4n) is 2.20. The predicted octanol–water partition coefficient (Wildman–Crippen LogP) is 5.20. The number of hydrogen-bond acceptors (Lipinski definition) is 2. The molecule has 2 rings (SSSR count). The zero-order chi connectivity index (χ0) is 17.5. The van der Waals surface area contributed by atoms with Crippen molar-refractivity contribution in [2.24, 2.45) is 0 Å². The molecule has 0 aliphatic heterocycles. The second-order valence-electron chi connectivity index (χ2n) is 5.48. The van der Waals surface area contributed by atoms with E-state index in [-0.39, 0.29) is 6.10 Å². The fourth-order valence-corrected chi connectivity index (χ4v) is 2.33. The van der Waals surface area contributed by atoms with Crippen molar-refractivity contribution in [1.29, 1.82) is 0 Å². The topological polar surface area (TPSA) is 46.5 Å². The summed E-state index contributed by atoms with van der Waals surface area (Å²) >= 11 is 5.95. The molecule has 0 spiro atoms. The van der Waals surface area contributed by atoms with Crippen molar-refractivity contribution >= 4 is 23.1 Å². The molecule has 0 aliphatic rings. The Balaban J connectivity index is 2.38. The molecule has 0 bridgehead atoms. The van der Waals surface area contributed by atoms with Crippen molar-refractivity contribution in [2.75, 3.05) is 0 Å². The van der Waals surface area contributed by atoms with E-state index < -0.39 is 5.97 Å². The van der Waals surface area contributed by atoms with Gasteiger partial charge in [-0.25, -0.2) is 4.79 Å². The molecule has 3 nitrogen and oxygen atoms in total. The van der Waals surface area contributed by atoms with Crippen molar-refractivity contribution in [3.63, 3.8) is 0 Å². The summed E-state index contributed by atoms with van der Waals surface area (Å²) in [6.45, 7) is 3.95. The van der Waals surface area contributed by atoms with Gasteiger partial charge in [0, 0.05) is 11.1 Å². The number of carboxylic acids is 1. The number of hydrogen-bond donors (Lipinski definition) is 1. The van der Waals surface area contributed by atoms with Crippen LogP contribution in [0.3, 0.4) is 0 Å². The van der Waals surface area contributed by atoms with Crippen LogP contribution in [-0.2, 0) is 4.79 Å². The number of carbonyl (C=O) groups is 1. The maximum absolute atomic E-state index is 10.7. The van der Waals surface area contributed by atoms with E-state index in [2.05, 4.69) is 0 Å². The zero-order valence-electron chi connectivity index (χ0n) is 13.6. The van der Waals surface area contributed by atoms with Gasteiger partial charge in [-0.1, -0.05) is 48.0 Å². The molecule has 0 saturated carbocycles. The smallest absolute Gasteiger partial charge is 0.328 e. The van der Waals surface area contributed by atoms with Crippen LogP contribution >= 0.6 is 11.6 Å². The van der Waals surface area contributed by atoms with Gasteiger partial charge in [0.25, 0.3) is 0 Å². The highest BCUT2D eigenvalue weighted by molar-refractivity contribution is 6.30. The van der Waals surface area contributed by atoms with Gasteiger partial charge in [-0.05, 0) is 54.8 Å². The summed E-state index contributed by atoms with van der Waals surface area (Å²) in [5.74, 6) is -0.187. The Morgan fingerprint density at radius 1 is 1.04 bits per heavy atom. The third-order valence-electron chi connectivity index (χ3n) is 3.19. The molecule has 2 aromatic rings. The third-order valence-corrected chi connectivity index (χ3v) is 3.45. The molecule has 1 N–H and O–H groups in total. The monoisotopic (exact) mass is 342 g/mol. The first-order valence-corrected chi connectivity index (χ1v) is 7.98. The van der Waals surface area contributed by atoms with Gasteiger partial charge in [0.2, 0.25) is 0 Å². The fraction of sp³-hybridized carbons (Fsp3) is 0.150. The second-order valence-corrected chi connectivity index (χ2v) is 5.91. The van der Waals surface area contributed by atoms with Crippen molar-refractivity contribution < 1.29 is 14.6 Å². The number of allylic oxidation sites excluding steroid dienone is 2. The molecule has 0 atom stereocenters. The molecule has 2 aromatic carbocycles. The van der Waals surface area contributed by atoms with Gasteiger partial charge in [-0.3, -0.25) is 0 Å². The van der Waals surface area contributed by atoms with E-state index in [0.717, 1.165) is 28.5 Å². The Labute approximate surface area is 146 Å². The van der Waals surface area contributed by atoms with E-state index in [1.165, 1.54) is 6.08 Å². The maximum Gasteiger partial charge on any atom is 0.328 e. The minimum atomic E-state index is -0.984. The number of ether oxygens (including phenoxy) is 1. The minimum absolute atomic E-state index is 0.112. The van der Waals surface area contributed by atoms with Gasteiger partial charge >= 0.3 is 5.97 Å². The molecule has 0 saturated heterocycles. The molecule has 0 amide bonds. The molecule has 0 fully saturated rings. The van der Waals surface area contributed by atoms with Crippen LogP contribution in [0.15, 0.2) is 66.8 Å². The molecular weight excluding hydrogens is 324 g/mol. The van der Waals surface area contributed by atoms with Crippen LogP contribution in [0.1, 0.15) is 25.0 Å². The highest BCUT2D eigenvalue weighted by Crippen LogP contribution is 2.27. The second kappa shape index (κ2) is 8.37. The summed E-state index contributed by atoms with van der Waals surface area (Å²) in [5, 5.41) is 9.43. The van der Waals surface area contributed by atoms with Gasteiger partial charge < -0.3 is 9.84 Å². The molecule has 124 valence electrons. The average molecular weight is 343 g/mol. The van der Waals surface area contributed by atoms with Gasteiger partial charge in [0.05, 0.1) is 6.10 Å². The van der Waals surface area contributed by atoms with Crippen LogP contribution in [0.25, 0.3) is 5.57 Å². The standard InChI is InChI=1S/C20H19ClO3/c1-14(2)24-18-12-8-16(9-13-18)19(4-3-5-20(22)23)15-6-10-17(21)11-7-15/h3-14H,1-2H3,(H,22,23)/b5-3+,19-4+. The Kier molecular flexibility index (Phi) is 6.21. The van der Waals surface area contributed by atoms with Crippen molar-refractivity contribution in [3.8, 4) is 5.75 Å². The molecule has 0 aliphatic carbocycles. The van der Waals surface area contributed by atoms with E-state index in [0.29, 0.717) is 5.02 Å². The lowest BCUT2D eigenvalue weighted by molar-refractivity contribution is -0.131. The van der Waals surface area contributed by atoms with Gasteiger partial charge in [0.15, 0.2) is 0 Å². The van der Waals surface area contributed by atoms with E-state index in [1.54, 1.807) is 6.08 Å². The summed E-state index contributed by atoms with van der Waals surface area (Å²) in [6.07, 6.45) is 4.51. The molecule has 0 unspecified atom stereocenters. The lowest BCUT2D eigenvalue weighted by Crippen LogP contribution is -2.05. The zero-order valence-corrected chi connectivity index (χ0v) is 14.3. The summed E-state index contributed by atoms with van der Waals surface area (Å²) in [4.78, 5) is 10.7. The molecule has 0 aromatic heterocycles. The predicted molar refractivity (Wildman–Crippen MR) is 97.5 cm³/mol. The lowest BCUT2D eigenvalue weighted by atomic mass is 9.97. The highest BCUT2D eigenvalue weighted by atomic mass is 35.5. The molecule has 0 heterocycles. The van der Waals surface area contributed by atoms with Gasteiger partial charge in [-0.2, -0.15) is 0 Å². The van der Waals surface area contributed by atoms with Crippen LogP contribution < -0.4 is 4.74 Å². The number of aliphatic carboxylic acids is 1. The Hall–Kier alpha value is -2.52. The largest absolute Gasteiger partial charge is 0.491 e. The van der Waals surface area contributed by atoms with Gasteiger partial charge in [-0.15, -0.1) is 0 Å². The van der Waals surface area contributed by atoms with E-state index in [1.807, 2.05) is 62.4 Å². The Bertz CT molecular complexity index is 741. The molecular formula is C20H19ClO3. The Morgan fingerprint density at radius 2 is 1.58 bits per heavy atom. The van der Waals surface area contributed by atoms with E-state index in [4.69, 9.17) is 21.4 Å². The summed E-state index contributed by atoms with van der Waals surface area (Å²) < 4.78 is 5.65. The first-order valence-electron chi connectivity index (χ1n) is 7.60. The maximum atomic E-state index is 10.7. The number of rotatable bonds is 6. The first kappa shape index (κ1) is 17.8. The number of halogens is 1. The highest BCUT2D eigenvalue weighted by Gasteiger charge is 2.06. The molecule has 4 heteroatoms. The van der Waals surface area contributed by atoms with Crippen molar-refractivity contribution in [1.82, 2.24) is 0 Å². The quantitative estimate of drug-likeness (QED) is 0.579. The molecule has 0 radical (unpaired) electrons. The van der Waals surface area contributed by atoms with E-state index >= 15 is 0 Å². The van der Waals surface area contributed by atoms with Crippen LogP contribution in [0, 0.1) is 0 Å². The SMILES string of the molecule is CC(C)Oc1ccc(/C(=C/C=C/C(=O)O)c2ccc(Cl)cc2)cc1. The van der Waals surface area contributed by atoms with E-state index in [9.17, 15) is 4.79 Å². The van der Waals surface area contributed by atoms with Crippen LogP contribution in [0.4, 0.5) is 0 Å². The summed E-state index contributed by atoms with van der Waals surface area (Å²) in [6, 6.07) is 15.1. The van der Waals surface area contributed by atoms with Crippen LogP contribution in [-0.4, -0.2) is 17.2 Å². The Morgan fingerprint density at radius 3 is 2.08 bits per heavy atom.